The Morgan fingerprint density at radius 3 is 2.59 bits per heavy atom. The Bertz CT molecular complexity index is 1250. The van der Waals surface area contributed by atoms with Crippen molar-refractivity contribution >= 4 is 54.6 Å². The van der Waals surface area contributed by atoms with E-state index in [0.29, 0.717) is 5.56 Å². The molecule has 1 amide bonds. The molecule has 0 bridgehead atoms. The van der Waals surface area contributed by atoms with Gasteiger partial charge in [-0.2, -0.15) is 0 Å². The molecule has 0 radical (unpaired) electrons. The van der Waals surface area contributed by atoms with Gasteiger partial charge in [-0.1, -0.05) is 42.5 Å². The molecule has 0 fully saturated rings. The van der Waals surface area contributed by atoms with Gasteiger partial charge in [-0.15, -0.1) is 22.7 Å². The lowest BCUT2D eigenvalue weighted by Crippen LogP contribution is -2.11. The van der Waals surface area contributed by atoms with E-state index in [-0.39, 0.29) is 5.91 Å². The molecule has 0 spiro atoms. The van der Waals surface area contributed by atoms with Crippen LogP contribution in [0.5, 0.6) is 0 Å². The van der Waals surface area contributed by atoms with Crippen LogP contribution in [0.3, 0.4) is 0 Å². The maximum absolute atomic E-state index is 12.8. The van der Waals surface area contributed by atoms with Gasteiger partial charge >= 0.3 is 0 Å². The highest BCUT2D eigenvalue weighted by Crippen LogP contribution is 2.37. The lowest BCUT2D eigenvalue weighted by Gasteiger charge is -2.06. The molecule has 5 aromatic rings. The third kappa shape index (κ3) is 3.01. The number of carbonyl (C=O) groups is 1. The Hall–Kier alpha value is -3.02. The zero-order valence-electron chi connectivity index (χ0n) is 14.2. The summed E-state index contributed by atoms with van der Waals surface area (Å²) in [7, 11) is 0. The average Bonchev–Trinajstić information content (AvgIpc) is 3.33. The molecule has 1 N–H and O–H groups in total. The monoisotopic (exact) mass is 386 g/mol. The maximum Gasteiger partial charge on any atom is 0.256 e. The summed E-state index contributed by atoms with van der Waals surface area (Å²) in [5.74, 6) is -0.106. The van der Waals surface area contributed by atoms with Gasteiger partial charge in [0.25, 0.3) is 5.91 Å². The predicted octanol–water partition coefficient (Wildman–Crippen LogP) is 6.43. The van der Waals surface area contributed by atoms with Gasteiger partial charge in [0, 0.05) is 11.1 Å². The Morgan fingerprint density at radius 1 is 0.889 bits per heavy atom. The molecule has 0 aliphatic rings. The van der Waals surface area contributed by atoms with Gasteiger partial charge in [-0.25, -0.2) is 4.98 Å². The maximum atomic E-state index is 12.8. The van der Waals surface area contributed by atoms with Crippen molar-refractivity contribution in [3.8, 4) is 10.6 Å². The minimum absolute atomic E-state index is 0.106. The topological polar surface area (TPSA) is 42.0 Å². The quantitative estimate of drug-likeness (QED) is 0.388. The smallest absolute Gasteiger partial charge is 0.256 e. The Kier molecular flexibility index (Phi) is 3.96. The molecule has 5 rings (SSSR count). The molecule has 3 nitrogen and oxygen atoms in total. The van der Waals surface area contributed by atoms with Gasteiger partial charge in [0.15, 0.2) is 0 Å². The van der Waals surface area contributed by atoms with Crippen molar-refractivity contribution in [3.63, 3.8) is 0 Å². The number of para-hydroxylation sites is 1. The summed E-state index contributed by atoms with van der Waals surface area (Å²) < 4.78 is 1.14. The van der Waals surface area contributed by atoms with Gasteiger partial charge < -0.3 is 5.32 Å². The first-order chi connectivity index (χ1) is 13.3. The van der Waals surface area contributed by atoms with Crippen molar-refractivity contribution < 1.29 is 4.79 Å². The highest BCUT2D eigenvalue weighted by Gasteiger charge is 2.15. The zero-order valence-corrected chi connectivity index (χ0v) is 15.8. The van der Waals surface area contributed by atoms with E-state index in [1.54, 1.807) is 11.3 Å². The van der Waals surface area contributed by atoms with Crippen LogP contribution in [0, 0.1) is 0 Å². The number of nitrogens with one attached hydrogen (secondary N) is 1. The van der Waals surface area contributed by atoms with E-state index in [2.05, 4.69) is 11.4 Å². The summed E-state index contributed by atoms with van der Waals surface area (Å²) in [4.78, 5) is 17.5. The van der Waals surface area contributed by atoms with Gasteiger partial charge in [0.1, 0.15) is 10.0 Å². The van der Waals surface area contributed by atoms with Crippen LogP contribution in [0.1, 0.15) is 10.4 Å². The average molecular weight is 387 g/mol. The number of thiazole rings is 1. The standard InChI is InChI=1S/C22H14N2OS2/c25-20(16-10-9-14-5-1-2-6-15(14)13-16)24-21-17(11-12-26-21)22-23-18-7-3-4-8-19(18)27-22/h1-13H,(H,24,25). The highest BCUT2D eigenvalue weighted by molar-refractivity contribution is 7.22. The van der Waals surface area contributed by atoms with Gasteiger partial charge in [-0.05, 0) is 46.5 Å². The second-order valence-electron chi connectivity index (χ2n) is 6.17. The molecular formula is C22H14N2OS2. The molecule has 27 heavy (non-hydrogen) atoms. The van der Waals surface area contributed by atoms with Crippen LogP contribution < -0.4 is 5.32 Å². The molecule has 0 unspecified atom stereocenters. The van der Waals surface area contributed by atoms with Crippen molar-refractivity contribution in [1.82, 2.24) is 4.98 Å². The fraction of sp³-hybridized carbons (Fsp3) is 0. The van der Waals surface area contributed by atoms with Crippen molar-refractivity contribution in [1.29, 1.82) is 0 Å². The van der Waals surface area contributed by atoms with Crippen molar-refractivity contribution in [2.45, 2.75) is 0 Å². The number of nitrogens with zero attached hydrogens (tertiary/aromatic N) is 1. The summed E-state index contributed by atoms with van der Waals surface area (Å²) in [6.45, 7) is 0. The largest absolute Gasteiger partial charge is 0.313 e. The van der Waals surface area contributed by atoms with Crippen LogP contribution in [0.15, 0.2) is 78.2 Å². The van der Waals surface area contributed by atoms with Crippen molar-refractivity contribution in [2.75, 3.05) is 5.32 Å². The molecule has 2 heterocycles. The zero-order chi connectivity index (χ0) is 18.2. The number of carbonyl (C=O) groups excluding carboxylic acids is 1. The summed E-state index contributed by atoms with van der Waals surface area (Å²) >= 11 is 3.15. The number of benzene rings is 3. The fourth-order valence-corrected chi connectivity index (χ4v) is 4.91. The van der Waals surface area contributed by atoms with E-state index < -0.39 is 0 Å². The van der Waals surface area contributed by atoms with E-state index >= 15 is 0 Å². The van der Waals surface area contributed by atoms with Crippen LogP contribution in [0.25, 0.3) is 31.6 Å². The van der Waals surface area contributed by atoms with E-state index in [1.807, 2.05) is 72.1 Å². The third-order valence-corrected chi connectivity index (χ3v) is 6.33. The summed E-state index contributed by atoms with van der Waals surface area (Å²) in [5.41, 5.74) is 2.60. The fourth-order valence-electron chi connectivity index (χ4n) is 3.07. The first-order valence-electron chi connectivity index (χ1n) is 8.51. The number of fused-ring (bicyclic) bond motifs is 2. The minimum atomic E-state index is -0.106. The van der Waals surface area contributed by atoms with Gasteiger partial charge in [0.2, 0.25) is 0 Å². The second-order valence-corrected chi connectivity index (χ2v) is 8.11. The molecule has 0 aliphatic carbocycles. The lowest BCUT2D eigenvalue weighted by atomic mass is 10.1. The van der Waals surface area contributed by atoms with Crippen LogP contribution >= 0.6 is 22.7 Å². The highest BCUT2D eigenvalue weighted by atomic mass is 32.1. The first-order valence-corrected chi connectivity index (χ1v) is 10.2. The van der Waals surface area contributed by atoms with Gasteiger partial charge in [-0.3, -0.25) is 4.79 Å². The van der Waals surface area contributed by atoms with Crippen molar-refractivity contribution in [3.05, 3.63) is 83.7 Å². The number of hydrogen-bond acceptors (Lipinski definition) is 4. The molecule has 0 saturated heterocycles. The molecule has 3 aromatic carbocycles. The summed E-state index contributed by atoms with van der Waals surface area (Å²) in [6, 6.07) is 23.9. The molecule has 0 saturated carbocycles. The van der Waals surface area contributed by atoms with Crippen LogP contribution in [0.4, 0.5) is 5.00 Å². The van der Waals surface area contributed by atoms with E-state index in [0.717, 1.165) is 36.6 Å². The lowest BCUT2D eigenvalue weighted by molar-refractivity contribution is 0.102. The molecule has 5 heteroatoms. The number of thiophene rings is 1. The Balaban J connectivity index is 1.47. The molecule has 2 aromatic heterocycles. The van der Waals surface area contributed by atoms with Crippen LogP contribution in [-0.2, 0) is 0 Å². The van der Waals surface area contributed by atoms with Crippen molar-refractivity contribution in [2.24, 2.45) is 0 Å². The van der Waals surface area contributed by atoms with Gasteiger partial charge in [0.05, 0.1) is 10.2 Å². The summed E-state index contributed by atoms with van der Waals surface area (Å²) in [6.07, 6.45) is 0. The minimum Gasteiger partial charge on any atom is -0.313 e. The predicted molar refractivity (Wildman–Crippen MR) is 115 cm³/mol. The first kappa shape index (κ1) is 16.2. The number of anilines is 1. The molecule has 0 aliphatic heterocycles. The SMILES string of the molecule is O=C(Nc1sccc1-c1nc2ccccc2s1)c1ccc2ccccc2c1. The van der Waals surface area contributed by atoms with E-state index in [1.165, 1.54) is 11.3 Å². The van der Waals surface area contributed by atoms with Crippen LogP contribution in [-0.4, -0.2) is 10.9 Å². The molecular weight excluding hydrogens is 372 g/mol. The number of rotatable bonds is 3. The van der Waals surface area contributed by atoms with E-state index in [9.17, 15) is 4.79 Å². The second kappa shape index (κ2) is 6.61. The Morgan fingerprint density at radius 2 is 1.70 bits per heavy atom. The third-order valence-electron chi connectivity index (χ3n) is 4.43. The number of aromatic nitrogens is 1. The summed E-state index contributed by atoms with van der Waals surface area (Å²) in [5, 5.41) is 8.98. The molecule has 0 atom stereocenters. The Labute approximate surface area is 163 Å². The normalized spacial score (nSPS) is 11.1. The number of hydrogen-bond donors (Lipinski definition) is 1. The van der Waals surface area contributed by atoms with Crippen LogP contribution in [0.2, 0.25) is 0 Å². The molecule has 130 valence electrons. The van der Waals surface area contributed by atoms with E-state index in [4.69, 9.17) is 4.98 Å². The number of amides is 1.